The number of aryl methyl sites for hydroxylation is 1. The number of hydrogen-bond donors (Lipinski definition) is 1. The first-order valence-electron chi connectivity index (χ1n) is 8.68. The normalized spacial score (nSPS) is 11.9. The Balaban J connectivity index is 1.94. The zero-order valence-corrected chi connectivity index (χ0v) is 16.2. The van der Waals surface area contributed by atoms with Crippen molar-refractivity contribution in [2.75, 3.05) is 34.4 Å². The summed E-state index contributed by atoms with van der Waals surface area (Å²) in [7, 11) is 5.63. The third kappa shape index (κ3) is 5.23. The van der Waals surface area contributed by atoms with Gasteiger partial charge in [0.25, 0.3) is 5.91 Å². The van der Waals surface area contributed by atoms with Crippen molar-refractivity contribution in [3.05, 3.63) is 59.2 Å². The van der Waals surface area contributed by atoms with E-state index in [1.807, 2.05) is 70.4 Å². The van der Waals surface area contributed by atoms with Crippen LogP contribution in [0.2, 0.25) is 0 Å². The van der Waals surface area contributed by atoms with Gasteiger partial charge in [-0.25, -0.2) is 0 Å². The van der Waals surface area contributed by atoms with Crippen LogP contribution in [0.4, 0.5) is 0 Å². The smallest absolute Gasteiger partial charge is 0.258 e. The van der Waals surface area contributed by atoms with Gasteiger partial charge in [0, 0.05) is 6.54 Å². The minimum atomic E-state index is -0.138. The molecule has 0 spiro atoms. The summed E-state index contributed by atoms with van der Waals surface area (Å²) in [6.07, 6.45) is 0. The maximum atomic E-state index is 12.2. The molecular formula is C21H28N2O3. The zero-order chi connectivity index (χ0) is 19.1. The standard InChI is InChI=1S/C21H28N2O3/c1-15-8-6-11-20(16(15)2)26-14-21(24)22-13-19(23(3)4)17-9-7-10-18(12-17)25-5/h6-12,19H,13-14H2,1-5H3,(H,22,24). The third-order valence-corrected chi connectivity index (χ3v) is 4.51. The summed E-state index contributed by atoms with van der Waals surface area (Å²) in [5.74, 6) is 1.41. The Labute approximate surface area is 155 Å². The monoisotopic (exact) mass is 356 g/mol. The number of nitrogens with one attached hydrogen (secondary N) is 1. The minimum absolute atomic E-state index is 0.00253. The molecule has 2 aromatic rings. The van der Waals surface area contributed by atoms with Gasteiger partial charge in [0.2, 0.25) is 0 Å². The molecule has 1 atom stereocenters. The molecule has 0 radical (unpaired) electrons. The van der Waals surface area contributed by atoms with E-state index in [9.17, 15) is 4.79 Å². The Bertz CT molecular complexity index is 744. The third-order valence-electron chi connectivity index (χ3n) is 4.51. The van der Waals surface area contributed by atoms with Gasteiger partial charge in [0.05, 0.1) is 13.2 Å². The van der Waals surface area contributed by atoms with Gasteiger partial charge in [-0.3, -0.25) is 4.79 Å². The lowest BCUT2D eigenvalue weighted by atomic mass is 10.1. The van der Waals surface area contributed by atoms with Crippen LogP contribution in [0.5, 0.6) is 11.5 Å². The van der Waals surface area contributed by atoms with Crippen molar-refractivity contribution in [1.82, 2.24) is 10.2 Å². The van der Waals surface area contributed by atoms with Gasteiger partial charge < -0.3 is 19.7 Å². The van der Waals surface area contributed by atoms with Gasteiger partial charge >= 0.3 is 0 Å². The summed E-state index contributed by atoms with van der Waals surface area (Å²) in [4.78, 5) is 14.3. The van der Waals surface area contributed by atoms with Gasteiger partial charge in [0.1, 0.15) is 11.5 Å². The highest BCUT2D eigenvalue weighted by molar-refractivity contribution is 5.77. The van der Waals surface area contributed by atoms with E-state index in [2.05, 4.69) is 10.2 Å². The first-order chi connectivity index (χ1) is 12.4. The number of carbonyl (C=O) groups excluding carboxylic acids is 1. The van der Waals surface area contributed by atoms with Crippen LogP contribution < -0.4 is 14.8 Å². The van der Waals surface area contributed by atoms with E-state index in [1.54, 1.807) is 7.11 Å². The van der Waals surface area contributed by atoms with Crippen LogP contribution >= 0.6 is 0 Å². The van der Waals surface area contributed by atoms with E-state index in [-0.39, 0.29) is 18.6 Å². The van der Waals surface area contributed by atoms with Gasteiger partial charge in [-0.15, -0.1) is 0 Å². The predicted molar refractivity (Wildman–Crippen MR) is 104 cm³/mol. The summed E-state index contributed by atoms with van der Waals surface area (Å²) in [6.45, 7) is 4.52. The van der Waals surface area contributed by atoms with Gasteiger partial charge in [-0.1, -0.05) is 24.3 Å². The molecule has 2 aromatic carbocycles. The number of hydrogen-bond acceptors (Lipinski definition) is 4. The number of likely N-dealkylation sites (N-methyl/N-ethyl adjacent to an activating group) is 1. The fourth-order valence-corrected chi connectivity index (χ4v) is 2.73. The molecule has 1 N–H and O–H groups in total. The van der Waals surface area contributed by atoms with Crippen LogP contribution in [0.15, 0.2) is 42.5 Å². The van der Waals surface area contributed by atoms with Gasteiger partial charge in [-0.2, -0.15) is 0 Å². The quantitative estimate of drug-likeness (QED) is 0.790. The molecule has 0 heterocycles. The maximum Gasteiger partial charge on any atom is 0.258 e. The summed E-state index contributed by atoms with van der Waals surface area (Å²) in [5.41, 5.74) is 3.29. The highest BCUT2D eigenvalue weighted by atomic mass is 16.5. The van der Waals surface area contributed by atoms with Crippen molar-refractivity contribution in [1.29, 1.82) is 0 Å². The van der Waals surface area contributed by atoms with Crippen LogP contribution in [0.3, 0.4) is 0 Å². The van der Waals surface area contributed by atoms with Crippen molar-refractivity contribution in [2.45, 2.75) is 19.9 Å². The largest absolute Gasteiger partial charge is 0.497 e. The first kappa shape index (κ1) is 19.8. The Morgan fingerprint density at radius 3 is 2.58 bits per heavy atom. The van der Waals surface area contributed by atoms with E-state index in [0.717, 1.165) is 28.2 Å². The molecule has 0 fully saturated rings. The lowest BCUT2D eigenvalue weighted by molar-refractivity contribution is -0.123. The van der Waals surface area contributed by atoms with Crippen LogP contribution in [-0.4, -0.2) is 45.2 Å². The molecule has 0 saturated heterocycles. The van der Waals surface area contributed by atoms with Gasteiger partial charge in [0.15, 0.2) is 6.61 Å². The van der Waals surface area contributed by atoms with Crippen molar-refractivity contribution < 1.29 is 14.3 Å². The lowest BCUT2D eigenvalue weighted by Gasteiger charge is -2.25. The molecule has 0 aromatic heterocycles. The Kier molecular flexibility index (Phi) is 7.04. The molecule has 5 heteroatoms. The Morgan fingerprint density at radius 2 is 1.88 bits per heavy atom. The molecular weight excluding hydrogens is 328 g/mol. The highest BCUT2D eigenvalue weighted by Crippen LogP contribution is 2.22. The Hall–Kier alpha value is -2.53. The molecule has 26 heavy (non-hydrogen) atoms. The van der Waals surface area contributed by atoms with Crippen LogP contribution in [0, 0.1) is 13.8 Å². The van der Waals surface area contributed by atoms with E-state index in [4.69, 9.17) is 9.47 Å². The van der Waals surface area contributed by atoms with Crippen LogP contribution in [0.1, 0.15) is 22.7 Å². The van der Waals surface area contributed by atoms with Gasteiger partial charge in [-0.05, 0) is 62.8 Å². The van der Waals surface area contributed by atoms with Crippen molar-refractivity contribution in [3.8, 4) is 11.5 Å². The number of amides is 1. The van der Waals surface area contributed by atoms with Crippen molar-refractivity contribution >= 4 is 5.91 Å². The SMILES string of the molecule is COc1cccc(C(CNC(=O)COc2cccc(C)c2C)N(C)C)c1. The second-order valence-electron chi connectivity index (χ2n) is 6.55. The molecule has 0 bridgehead atoms. The minimum Gasteiger partial charge on any atom is -0.497 e. The molecule has 1 unspecified atom stereocenters. The zero-order valence-electron chi connectivity index (χ0n) is 16.2. The summed E-state index contributed by atoms with van der Waals surface area (Å²) in [5, 5.41) is 2.96. The molecule has 2 rings (SSSR count). The van der Waals surface area contributed by atoms with E-state index in [0.29, 0.717) is 6.54 Å². The summed E-state index contributed by atoms with van der Waals surface area (Å²) >= 11 is 0. The average Bonchev–Trinajstić information content (AvgIpc) is 2.63. The topological polar surface area (TPSA) is 50.8 Å². The molecule has 0 saturated carbocycles. The van der Waals surface area contributed by atoms with E-state index >= 15 is 0 Å². The summed E-state index contributed by atoms with van der Waals surface area (Å²) in [6, 6.07) is 13.8. The molecule has 0 aliphatic rings. The first-order valence-corrected chi connectivity index (χ1v) is 8.68. The van der Waals surface area contributed by atoms with Crippen LogP contribution in [0.25, 0.3) is 0 Å². The molecule has 0 aliphatic carbocycles. The predicted octanol–water partition coefficient (Wildman–Crippen LogP) is 3.11. The summed E-state index contributed by atoms with van der Waals surface area (Å²) < 4.78 is 11.0. The number of ether oxygens (including phenoxy) is 2. The molecule has 0 aliphatic heterocycles. The Morgan fingerprint density at radius 1 is 1.15 bits per heavy atom. The van der Waals surface area contributed by atoms with Crippen molar-refractivity contribution in [3.63, 3.8) is 0 Å². The van der Waals surface area contributed by atoms with E-state index < -0.39 is 0 Å². The number of nitrogens with zero attached hydrogens (tertiary/aromatic N) is 1. The number of carbonyl (C=O) groups is 1. The number of methoxy groups -OCH3 is 1. The average molecular weight is 356 g/mol. The lowest BCUT2D eigenvalue weighted by Crippen LogP contribution is -2.36. The van der Waals surface area contributed by atoms with Crippen LogP contribution in [-0.2, 0) is 4.79 Å². The fourth-order valence-electron chi connectivity index (χ4n) is 2.73. The second-order valence-corrected chi connectivity index (χ2v) is 6.55. The second kappa shape index (κ2) is 9.25. The molecule has 1 amide bonds. The number of rotatable bonds is 8. The number of benzene rings is 2. The highest BCUT2D eigenvalue weighted by Gasteiger charge is 2.16. The molecule has 140 valence electrons. The van der Waals surface area contributed by atoms with Crippen molar-refractivity contribution in [2.24, 2.45) is 0 Å². The maximum absolute atomic E-state index is 12.2. The molecule has 5 nitrogen and oxygen atoms in total. The fraction of sp³-hybridized carbons (Fsp3) is 0.381. The van der Waals surface area contributed by atoms with E-state index in [1.165, 1.54) is 0 Å².